The van der Waals surface area contributed by atoms with Gasteiger partial charge in [0.05, 0.1) is 5.56 Å². The van der Waals surface area contributed by atoms with Crippen molar-refractivity contribution in [2.75, 3.05) is 18.8 Å². The monoisotopic (exact) mass is 310 g/mol. The zero-order chi connectivity index (χ0) is 16.2. The van der Waals surface area contributed by atoms with Crippen LogP contribution in [0.2, 0.25) is 0 Å². The average Bonchev–Trinajstić information content (AvgIpc) is 2.36. The second-order valence-electron chi connectivity index (χ2n) is 4.55. The fourth-order valence-corrected chi connectivity index (χ4v) is 1.74. The quantitative estimate of drug-likeness (QED) is 0.669. The fraction of sp³-hybridized carbons (Fsp3) is 0.462. The Bertz CT molecular complexity index is 516. The van der Waals surface area contributed by atoms with Gasteiger partial charge in [-0.3, -0.25) is 4.79 Å². The molecule has 21 heavy (non-hydrogen) atoms. The molecule has 0 fully saturated rings. The molecule has 1 amide bonds. The Morgan fingerprint density at radius 3 is 2.33 bits per heavy atom. The van der Waals surface area contributed by atoms with Crippen molar-refractivity contribution in [1.82, 2.24) is 4.90 Å². The van der Waals surface area contributed by atoms with Gasteiger partial charge in [-0.05, 0) is 12.5 Å². The van der Waals surface area contributed by atoms with E-state index in [9.17, 15) is 26.7 Å². The number of hydrogen-bond acceptors (Lipinski definition) is 2. The summed E-state index contributed by atoms with van der Waals surface area (Å²) >= 11 is 0. The molecule has 0 unspecified atom stereocenters. The van der Waals surface area contributed by atoms with Crippen molar-refractivity contribution in [2.45, 2.75) is 25.9 Å². The van der Waals surface area contributed by atoms with Crippen LogP contribution in [0.1, 0.15) is 30.1 Å². The van der Waals surface area contributed by atoms with Gasteiger partial charge in [0.15, 0.2) is 11.6 Å². The molecule has 8 heteroatoms. The SMILES string of the molecule is CCCCN(CC(F)(F)F)C(=O)c1cc(F)c(F)cc1N. The molecule has 118 valence electrons. The molecule has 0 saturated heterocycles. The van der Waals surface area contributed by atoms with Crippen LogP contribution in [0.4, 0.5) is 27.6 Å². The first-order valence-electron chi connectivity index (χ1n) is 6.26. The van der Waals surface area contributed by atoms with Crippen LogP contribution in [0.25, 0.3) is 0 Å². The topological polar surface area (TPSA) is 46.3 Å². The van der Waals surface area contributed by atoms with Crippen molar-refractivity contribution in [3.63, 3.8) is 0 Å². The molecule has 0 radical (unpaired) electrons. The zero-order valence-electron chi connectivity index (χ0n) is 11.3. The summed E-state index contributed by atoms with van der Waals surface area (Å²) in [6.07, 6.45) is -3.66. The molecule has 1 aromatic carbocycles. The van der Waals surface area contributed by atoms with E-state index >= 15 is 0 Å². The van der Waals surface area contributed by atoms with E-state index in [1.807, 2.05) is 0 Å². The number of hydrogen-bond donors (Lipinski definition) is 1. The van der Waals surface area contributed by atoms with E-state index in [1.165, 1.54) is 0 Å². The molecule has 0 atom stereocenters. The normalized spacial score (nSPS) is 11.5. The van der Waals surface area contributed by atoms with Crippen molar-refractivity contribution in [3.8, 4) is 0 Å². The molecule has 0 saturated carbocycles. The van der Waals surface area contributed by atoms with Crippen molar-refractivity contribution >= 4 is 11.6 Å². The van der Waals surface area contributed by atoms with Crippen molar-refractivity contribution < 1.29 is 26.7 Å². The number of anilines is 1. The van der Waals surface area contributed by atoms with Crippen LogP contribution < -0.4 is 5.73 Å². The highest BCUT2D eigenvalue weighted by molar-refractivity contribution is 5.99. The Morgan fingerprint density at radius 2 is 1.81 bits per heavy atom. The van der Waals surface area contributed by atoms with E-state index in [1.54, 1.807) is 6.92 Å². The minimum atomic E-state index is -4.59. The van der Waals surface area contributed by atoms with E-state index in [4.69, 9.17) is 5.73 Å². The van der Waals surface area contributed by atoms with Gasteiger partial charge in [-0.25, -0.2) is 8.78 Å². The van der Waals surface area contributed by atoms with Crippen LogP contribution in [-0.4, -0.2) is 30.1 Å². The number of amides is 1. The van der Waals surface area contributed by atoms with Crippen LogP contribution in [0.15, 0.2) is 12.1 Å². The highest BCUT2D eigenvalue weighted by Crippen LogP contribution is 2.22. The smallest absolute Gasteiger partial charge is 0.398 e. The van der Waals surface area contributed by atoms with Crippen molar-refractivity contribution in [2.24, 2.45) is 0 Å². The summed E-state index contributed by atoms with van der Waals surface area (Å²) in [6.45, 7) is 0.139. The molecule has 0 heterocycles. The third-order valence-electron chi connectivity index (χ3n) is 2.76. The van der Waals surface area contributed by atoms with Crippen LogP contribution in [0.5, 0.6) is 0 Å². The highest BCUT2D eigenvalue weighted by Gasteiger charge is 2.33. The van der Waals surface area contributed by atoms with Gasteiger partial charge in [0, 0.05) is 18.3 Å². The van der Waals surface area contributed by atoms with Crippen LogP contribution in [-0.2, 0) is 0 Å². The molecule has 0 aromatic heterocycles. The maximum absolute atomic E-state index is 13.1. The van der Waals surface area contributed by atoms with Crippen LogP contribution >= 0.6 is 0 Å². The number of nitrogens with two attached hydrogens (primary N) is 1. The molecule has 1 rings (SSSR count). The molecule has 0 spiro atoms. The lowest BCUT2D eigenvalue weighted by Gasteiger charge is -2.24. The van der Waals surface area contributed by atoms with Gasteiger partial charge in [-0.15, -0.1) is 0 Å². The first-order valence-corrected chi connectivity index (χ1v) is 6.26. The molecular formula is C13H15F5N2O. The lowest BCUT2D eigenvalue weighted by atomic mass is 10.1. The molecule has 0 aliphatic carbocycles. The van der Waals surface area contributed by atoms with E-state index in [2.05, 4.69) is 0 Å². The average molecular weight is 310 g/mol. The lowest BCUT2D eigenvalue weighted by Crippen LogP contribution is -2.40. The van der Waals surface area contributed by atoms with Gasteiger partial charge >= 0.3 is 6.18 Å². The molecule has 0 aliphatic heterocycles. The minimum Gasteiger partial charge on any atom is -0.398 e. The van der Waals surface area contributed by atoms with Gasteiger partial charge in [-0.2, -0.15) is 13.2 Å². The Morgan fingerprint density at radius 1 is 1.24 bits per heavy atom. The molecule has 1 aromatic rings. The number of rotatable bonds is 5. The van der Waals surface area contributed by atoms with E-state index in [0.29, 0.717) is 29.9 Å². The fourth-order valence-electron chi connectivity index (χ4n) is 1.74. The van der Waals surface area contributed by atoms with Gasteiger partial charge in [0.1, 0.15) is 6.54 Å². The highest BCUT2D eigenvalue weighted by atomic mass is 19.4. The Balaban J connectivity index is 3.07. The summed E-state index contributed by atoms with van der Waals surface area (Å²) in [6, 6.07) is 1.09. The number of halogens is 5. The zero-order valence-corrected chi connectivity index (χ0v) is 11.3. The summed E-state index contributed by atoms with van der Waals surface area (Å²) < 4.78 is 63.6. The minimum absolute atomic E-state index is 0.146. The maximum atomic E-state index is 13.1. The predicted molar refractivity (Wildman–Crippen MR) is 67.6 cm³/mol. The second kappa shape index (κ2) is 6.73. The van der Waals surface area contributed by atoms with Gasteiger partial charge < -0.3 is 10.6 Å². The van der Waals surface area contributed by atoms with E-state index in [0.717, 1.165) is 0 Å². The molecular weight excluding hydrogens is 295 g/mol. The first kappa shape index (κ1) is 17.2. The number of benzene rings is 1. The number of nitrogens with zero attached hydrogens (tertiary/aromatic N) is 1. The van der Waals surface area contributed by atoms with Crippen molar-refractivity contribution in [1.29, 1.82) is 0 Å². The van der Waals surface area contributed by atoms with Gasteiger partial charge in [0.25, 0.3) is 5.91 Å². The van der Waals surface area contributed by atoms with E-state index < -0.39 is 41.5 Å². The largest absolute Gasteiger partial charge is 0.406 e. The molecule has 0 bridgehead atoms. The maximum Gasteiger partial charge on any atom is 0.406 e. The summed E-state index contributed by atoms with van der Waals surface area (Å²) in [5.74, 6) is -3.67. The van der Waals surface area contributed by atoms with Crippen LogP contribution in [0, 0.1) is 11.6 Å². The third kappa shape index (κ3) is 4.87. The standard InChI is InChI=1S/C13H15F5N2O/c1-2-3-4-20(7-13(16,17)18)12(21)8-5-9(14)10(15)6-11(8)19/h5-6H,2-4,7,19H2,1H3. The number of carbonyl (C=O) groups is 1. The van der Waals surface area contributed by atoms with Gasteiger partial charge in [-0.1, -0.05) is 13.3 Å². The Labute approximate surface area is 118 Å². The summed E-state index contributed by atoms with van der Waals surface area (Å²) in [5.41, 5.74) is 4.51. The molecule has 2 N–H and O–H groups in total. The third-order valence-corrected chi connectivity index (χ3v) is 2.76. The predicted octanol–water partition coefficient (Wildman–Crippen LogP) is 3.35. The number of nitrogen functional groups attached to an aromatic ring is 1. The Kier molecular flexibility index (Phi) is 5.51. The number of carbonyl (C=O) groups excluding carboxylic acids is 1. The van der Waals surface area contributed by atoms with E-state index in [-0.39, 0.29) is 6.54 Å². The molecule has 3 nitrogen and oxygen atoms in total. The number of alkyl halides is 3. The summed E-state index contributed by atoms with van der Waals surface area (Å²) in [5, 5.41) is 0. The van der Waals surface area contributed by atoms with Crippen molar-refractivity contribution in [3.05, 3.63) is 29.3 Å². The summed E-state index contributed by atoms with van der Waals surface area (Å²) in [4.78, 5) is 12.6. The first-order chi connectivity index (χ1) is 9.65. The lowest BCUT2D eigenvalue weighted by molar-refractivity contribution is -0.140. The molecule has 0 aliphatic rings. The second-order valence-corrected chi connectivity index (χ2v) is 4.55. The van der Waals surface area contributed by atoms with Crippen LogP contribution in [0.3, 0.4) is 0 Å². The number of unbranched alkanes of at least 4 members (excludes halogenated alkanes) is 1. The summed E-state index contributed by atoms with van der Waals surface area (Å²) in [7, 11) is 0. The van der Waals surface area contributed by atoms with Gasteiger partial charge in [0.2, 0.25) is 0 Å². The Hall–Kier alpha value is -1.86.